The van der Waals surface area contributed by atoms with Gasteiger partial charge in [-0.3, -0.25) is 4.79 Å². The summed E-state index contributed by atoms with van der Waals surface area (Å²) in [4.78, 5) is 21.3. The van der Waals surface area contributed by atoms with Crippen LogP contribution in [-0.4, -0.2) is 70.5 Å². The van der Waals surface area contributed by atoms with Crippen molar-refractivity contribution in [2.24, 2.45) is 5.14 Å². The highest BCUT2D eigenvalue weighted by atomic mass is 32.2. The first-order valence-electron chi connectivity index (χ1n) is 11.7. The van der Waals surface area contributed by atoms with E-state index in [0.29, 0.717) is 19.4 Å². The van der Waals surface area contributed by atoms with Crippen LogP contribution in [0.5, 0.6) is 0 Å². The largest absolute Gasteiger partial charge is 0.387 e. The van der Waals surface area contributed by atoms with Gasteiger partial charge >= 0.3 is 0 Å². The number of carbonyl (C=O) groups excluding carboxylic acids is 1. The number of aliphatic hydroxyl groups excluding tert-OH is 2. The summed E-state index contributed by atoms with van der Waals surface area (Å²) in [5.41, 5.74) is 5.85. The Hall–Kier alpha value is -3.72. The third kappa shape index (κ3) is 5.15. The monoisotopic (exact) mass is 563 g/mol. The van der Waals surface area contributed by atoms with E-state index < -0.39 is 58.5 Å². The zero-order chi connectivity index (χ0) is 28.1. The number of hydrogen-bond donors (Lipinski definition) is 5. The highest BCUT2D eigenvalue weighted by Crippen LogP contribution is 2.34. The average molecular weight is 564 g/mol. The summed E-state index contributed by atoms with van der Waals surface area (Å²) in [6.07, 6.45) is -2.06. The van der Waals surface area contributed by atoms with E-state index in [0.717, 1.165) is 18.5 Å². The van der Waals surface area contributed by atoms with Gasteiger partial charge in [-0.1, -0.05) is 11.8 Å². The Labute approximate surface area is 220 Å². The number of fused-ring (bicyclic) bond motifs is 1. The average Bonchev–Trinajstić information content (AvgIpc) is 3.53. The van der Waals surface area contributed by atoms with Gasteiger partial charge in [0.2, 0.25) is 5.91 Å². The van der Waals surface area contributed by atoms with E-state index in [1.54, 1.807) is 0 Å². The van der Waals surface area contributed by atoms with Gasteiger partial charge < -0.3 is 30.2 Å². The number of amides is 1. The summed E-state index contributed by atoms with van der Waals surface area (Å²) < 4.78 is 61.1. The summed E-state index contributed by atoms with van der Waals surface area (Å²) >= 11 is 0. The molecule has 1 aromatic carbocycles. The lowest BCUT2D eigenvalue weighted by molar-refractivity contribution is -0.117. The maximum atomic E-state index is 14.9. The predicted molar refractivity (Wildman–Crippen MR) is 133 cm³/mol. The fourth-order valence-electron chi connectivity index (χ4n) is 4.61. The van der Waals surface area contributed by atoms with Crippen LogP contribution in [0.1, 0.15) is 30.2 Å². The molecule has 0 aliphatic carbocycles. The molecule has 2 fully saturated rings. The van der Waals surface area contributed by atoms with Crippen LogP contribution in [0, 0.1) is 23.5 Å². The fraction of sp³-hybridized carbons (Fsp3) is 0.348. The predicted octanol–water partition coefficient (Wildman–Crippen LogP) is -0.769. The first-order chi connectivity index (χ1) is 18.4. The van der Waals surface area contributed by atoms with E-state index in [4.69, 9.17) is 15.6 Å². The topological polar surface area (TPSA) is 199 Å². The number of hydrogen-bond acceptors (Lipinski definition) is 9. The smallest absolute Gasteiger partial charge is 0.274 e. The molecule has 7 N–H and O–H groups in total. The van der Waals surface area contributed by atoms with Crippen LogP contribution in [0.2, 0.25) is 0 Å². The quantitative estimate of drug-likeness (QED) is 0.247. The van der Waals surface area contributed by atoms with E-state index in [2.05, 4.69) is 21.8 Å². The van der Waals surface area contributed by atoms with Gasteiger partial charge in [-0.05, 0) is 18.6 Å². The number of nitrogens with two attached hydrogens (primary N) is 2. The standard InChI is InChI=1S/C23H23F2N7O6S/c24-14-6-12(31-5-1-2-17(31)33)7-15(25)13(14)4-3-11-9-32(22-18(11)21(26)28-10-29-22)23-20(35)19(34)16(38-23)8-30-39(27,36)37/h6-7,9-10,16,19-20,23,30,34-35H,1-2,5,8H2,(H2,26,28,29)(H2,27,36,37)/t16-,19-,20-,23-/m1/s1. The Balaban J connectivity index is 1.50. The van der Waals surface area contributed by atoms with Crippen molar-refractivity contribution in [1.29, 1.82) is 0 Å². The van der Waals surface area contributed by atoms with Crippen LogP contribution in [-0.2, 0) is 19.7 Å². The van der Waals surface area contributed by atoms with Crippen LogP contribution in [0.25, 0.3) is 11.0 Å². The molecule has 13 nitrogen and oxygen atoms in total. The number of halogens is 2. The number of nitrogens with one attached hydrogen (secondary N) is 1. The molecule has 2 aliphatic heterocycles. The van der Waals surface area contributed by atoms with Gasteiger partial charge in [-0.15, -0.1) is 0 Å². The summed E-state index contributed by atoms with van der Waals surface area (Å²) in [6.45, 7) is -0.0572. The Morgan fingerprint density at radius 2 is 1.90 bits per heavy atom. The van der Waals surface area contributed by atoms with Gasteiger partial charge in [0, 0.05) is 31.4 Å². The number of nitrogen functional groups attached to an aromatic ring is 1. The normalized spacial score (nSPS) is 23.4. The van der Waals surface area contributed by atoms with E-state index in [9.17, 15) is 32.2 Å². The Morgan fingerprint density at radius 1 is 1.18 bits per heavy atom. The molecular formula is C23H23F2N7O6S. The zero-order valence-electron chi connectivity index (χ0n) is 20.1. The van der Waals surface area contributed by atoms with E-state index in [1.165, 1.54) is 15.7 Å². The number of aliphatic hydroxyl groups is 2. The highest BCUT2D eigenvalue weighted by Gasteiger charge is 2.44. The Morgan fingerprint density at radius 3 is 2.54 bits per heavy atom. The molecule has 4 heterocycles. The van der Waals surface area contributed by atoms with E-state index in [-0.39, 0.29) is 34.0 Å². The molecular weight excluding hydrogens is 540 g/mol. The lowest BCUT2D eigenvalue weighted by Crippen LogP contribution is -2.42. The Bertz CT molecular complexity index is 1610. The van der Waals surface area contributed by atoms with Gasteiger partial charge in [0.15, 0.2) is 6.23 Å². The van der Waals surface area contributed by atoms with Crippen molar-refractivity contribution in [2.45, 2.75) is 37.4 Å². The van der Waals surface area contributed by atoms with E-state index in [1.807, 2.05) is 4.72 Å². The third-order valence-corrected chi connectivity index (χ3v) is 7.04. The maximum Gasteiger partial charge on any atom is 0.274 e. The lowest BCUT2D eigenvalue weighted by Gasteiger charge is -2.17. The second-order valence-electron chi connectivity index (χ2n) is 9.03. The highest BCUT2D eigenvalue weighted by molar-refractivity contribution is 7.87. The molecule has 39 heavy (non-hydrogen) atoms. The van der Waals surface area contributed by atoms with Crippen molar-refractivity contribution in [3.8, 4) is 11.8 Å². The Kier molecular flexibility index (Phi) is 6.97. The molecule has 2 aliphatic rings. The molecule has 0 radical (unpaired) electrons. The first-order valence-corrected chi connectivity index (χ1v) is 13.2. The molecule has 16 heteroatoms. The summed E-state index contributed by atoms with van der Waals surface area (Å²) in [7, 11) is -4.09. The minimum absolute atomic E-state index is 0.0210. The molecule has 2 aromatic heterocycles. The fourth-order valence-corrected chi connectivity index (χ4v) is 5.01. The minimum atomic E-state index is -4.09. The molecule has 206 valence electrons. The third-order valence-electron chi connectivity index (χ3n) is 6.47. The van der Waals surface area contributed by atoms with Crippen LogP contribution in [0.3, 0.4) is 0 Å². The number of nitrogens with zero attached hydrogens (tertiary/aromatic N) is 4. The molecule has 0 unspecified atom stereocenters. The number of anilines is 2. The molecule has 3 aromatic rings. The van der Waals surface area contributed by atoms with Crippen molar-refractivity contribution >= 4 is 38.7 Å². The van der Waals surface area contributed by atoms with Crippen LogP contribution < -0.4 is 20.5 Å². The minimum Gasteiger partial charge on any atom is -0.387 e. The molecule has 0 spiro atoms. The molecule has 2 saturated heterocycles. The van der Waals surface area contributed by atoms with Gasteiger partial charge in [-0.25, -0.2) is 23.9 Å². The van der Waals surface area contributed by atoms with Gasteiger partial charge in [0.25, 0.3) is 10.2 Å². The van der Waals surface area contributed by atoms with Crippen LogP contribution in [0.15, 0.2) is 24.7 Å². The summed E-state index contributed by atoms with van der Waals surface area (Å²) in [5.74, 6) is 2.92. The molecule has 5 rings (SSSR count). The van der Waals surface area contributed by atoms with Crippen molar-refractivity contribution in [1.82, 2.24) is 19.3 Å². The first kappa shape index (κ1) is 26.9. The number of aromatic nitrogens is 3. The van der Waals surface area contributed by atoms with Gasteiger partial charge in [0.05, 0.1) is 16.5 Å². The number of rotatable bonds is 5. The van der Waals surface area contributed by atoms with Crippen LogP contribution in [0.4, 0.5) is 20.3 Å². The molecule has 0 bridgehead atoms. The van der Waals surface area contributed by atoms with Gasteiger partial charge in [-0.2, -0.15) is 13.1 Å². The SMILES string of the molecule is Nc1ncnc2c1c(C#Cc1c(F)cc(N3CCCC3=O)cc1F)cn2[C@@H]1O[C@H](CNS(N)(=O)=O)[C@@H](O)[C@H]1O. The van der Waals surface area contributed by atoms with Gasteiger partial charge in [0.1, 0.15) is 47.7 Å². The summed E-state index contributed by atoms with van der Waals surface area (Å²) in [5, 5.41) is 26.1. The maximum absolute atomic E-state index is 14.9. The summed E-state index contributed by atoms with van der Waals surface area (Å²) in [6, 6.07) is 2.08. The number of carbonyl (C=O) groups is 1. The molecule has 4 atom stereocenters. The van der Waals surface area contributed by atoms with Crippen molar-refractivity contribution in [3.05, 3.63) is 47.4 Å². The van der Waals surface area contributed by atoms with Crippen molar-refractivity contribution in [3.63, 3.8) is 0 Å². The van der Waals surface area contributed by atoms with E-state index >= 15 is 0 Å². The zero-order valence-corrected chi connectivity index (χ0v) is 20.9. The van der Waals surface area contributed by atoms with Crippen molar-refractivity contribution < 1.29 is 36.9 Å². The molecule has 1 amide bonds. The lowest BCUT2D eigenvalue weighted by atomic mass is 10.1. The van der Waals surface area contributed by atoms with Crippen LogP contribution >= 0.6 is 0 Å². The number of benzene rings is 1. The second-order valence-corrected chi connectivity index (χ2v) is 10.4. The molecule has 0 saturated carbocycles. The van der Waals surface area contributed by atoms with Crippen molar-refractivity contribution in [2.75, 3.05) is 23.7 Å². The number of ether oxygens (including phenoxy) is 1. The second kappa shape index (κ2) is 10.1.